The van der Waals surface area contributed by atoms with Gasteiger partial charge in [-0.05, 0) is 51.4 Å². The van der Waals surface area contributed by atoms with Crippen LogP contribution in [0.4, 0.5) is 0 Å². The molecule has 0 heterocycles. The summed E-state index contributed by atoms with van der Waals surface area (Å²) in [5.74, 6) is -0.545. The average molecular weight is 658 g/mol. The number of aliphatic hydroxyl groups excluding tert-OH is 1. The first-order valence-electron chi connectivity index (χ1n) is 17.5. The van der Waals surface area contributed by atoms with Gasteiger partial charge in [-0.3, -0.25) is 18.6 Å². The zero-order valence-electron chi connectivity index (χ0n) is 28.3. The van der Waals surface area contributed by atoms with E-state index in [0.29, 0.717) is 6.42 Å². The van der Waals surface area contributed by atoms with Crippen LogP contribution < -0.4 is 5.32 Å². The lowest BCUT2D eigenvalue weighted by atomic mass is 10.1. The third-order valence-corrected chi connectivity index (χ3v) is 8.06. The fourth-order valence-electron chi connectivity index (χ4n) is 4.38. The number of aliphatic hydroxyl groups is 1. The molecule has 1 amide bonds. The van der Waals surface area contributed by atoms with Crippen LogP contribution in [0.25, 0.3) is 0 Å². The van der Waals surface area contributed by atoms with Crippen molar-refractivity contribution in [1.82, 2.24) is 5.32 Å². The van der Waals surface area contributed by atoms with Crippen LogP contribution in [-0.4, -0.2) is 54.3 Å². The molecule has 262 valence electrons. The summed E-state index contributed by atoms with van der Waals surface area (Å²) in [5, 5.41) is 12.6. The van der Waals surface area contributed by atoms with Gasteiger partial charge >= 0.3 is 13.8 Å². The number of allylic oxidation sites excluding steroid dienone is 6. The highest BCUT2D eigenvalue weighted by atomic mass is 31.2. The third kappa shape index (κ3) is 33.4. The van der Waals surface area contributed by atoms with Crippen LogP contribution in [0.5, 0.6) is 0 Å². The van der Waals surface area contributed by atoms with E-state index in [0.717, 1.165) is 77.0 Å². The number of hydrogen-bond donors (Lipinski definition) is 3. The minimum absolute atomic E-state index is 0.0785. The maximum absolute atomic E-state index is 11.9. The maximum Gasteiger partial charge on any atom is 0.472 e. The van der Waals surface area contributed by atoms with Crippen LogP contribution in [0.3, 0.4) is 0 Å². The second-order valence-corrected chi connectivity index (χ2v) is 12.9. The highest BCUT2D eigenvalue weighted by Crippen LogP contribution is 2.42. The van der Waals surface area contributed by atoms with E-state index in [1.807, 2.05) is 0 Å². The molecule has 2 unspecified atom stereocenters. The maximum atomic E-state index is 11.9. The van der Waals surface area contributed by atoms with E-state index in [-0.39, 0.29) is 32.1 Å². The number of esters is 1. The number of hydrogen-bond acceptors (Lipinski definition) is 7. The van der Waals surface area contributed by atoms with Crippen molar-refractivity contribution in [2.24, 2.45) is 0 Å². The number of nitrogens with one attached hydrogen (secondary N) is 1. The van der Waals surface area contributed by atoms with Crippen molar-refractivity contribution < 1.29 is 37.9 Å². The molecular weight excluding hydrogens is 593 g/mol. The number of phosphoric acid groups is 1. The highest BCUT2D eigenvalue weighted by molar-refractivity contribution is 7.47. The van der Waals surface area contributed by atoms with E-state index in [9.17, 15) is 24.2 Å². The number of unbranched alkanes of at least 4 members (excludes halogenated alkanes) is 13. The van der Waals surface area contributed by atoms with Crippen LogP contribution in [0.1, 0.15) is 142 Å². The van der Waals surface area contributed by atoms with Crippen LogP contribution >= 0.6 is 7.82 Å². The second-order valence-electron chi connectivity index (χ2n) is 11.5. The van der Waals surface area contributed by atoms with Gasteiger partial charge in [0.2, 0.25) is 5.91 Å². The number of phosphoric ester groups is 1. The van der Waals surface area contributed by atoms with Crippen molar-refractivity contribution in [1.29, 1.82) is 0 Å². The molecular formula is C35H64NO8P. The zero-order valence-corrected chi connectivity index (χ0v) is 29.2. The van der Waals surface area contributed by atoms with E-state index >= 15 is 0 Å². The Hall–Kier alpha value is -1.77. The van der Waals surface area contributed by atoms with Crippen LogP contribution in [0.15, 0.2) is 36.5 Å². The number of amides is 1. The van der Waals surface area contributed by atoms with Gasteiger partial charge in [0.25, 0.3) is 0 Å². The van der Waals surface area contributed by atoms with Gasteiger partial charge in [-0.15, -0.1) is 0 Å². The molecule has 0 spiro atoms. The van der Waals surface area contributed by atoms with Crippen LogP contribution in [-0.2, 0) is 27.9 Å². The molecule has 2 atom stereocenters. The zero-order chi connectivity index (χ0) is 33.3. The van der Waals surface area contributed by atoms with Gasteiger partial charge in [-0.2, -0.15) is 0 Å². The van der Waals surface area contributed by atoms with Crippen molar-refractivity contribution in [2.75, 3.05) is 26.4 Å². The lowest BCUT2D eigenvalue weighted by Gasteiger charge is -2.15. The van der Waals surface area contributed by atoms with Crippen LogP contribution in [0.2, 0.25) is 0 Å². The van der Waals surface area contributed by atoms with Crippen molar-refractivity contribution in [2.45, 2.75) is 148 Å². The molecule has 0 aliphatic carbocycles. The Morgan fingerprint density at radius 2 is 1.20 bits per heavy atom. The van der Waals surface area contributed by atoms with Crippen molar-refractivity contribution in [3.05, 3.63) is 36.5 Å². The molecule has 0 saturated carbocycles. The fraction of sp³-hybridized carbons (Fsp3) is 0.771. The van der Waals surface area contributed by atoms with Gasteiger partial charge in [0.1, 0.15) is 12.7 Å². The van der Waals surface area contributed by atoms with E-state index in [4.69, 9.17) is 13.8 Å². The minimum atomic E-state index is -4.40. The predicted octanol–water partition coefficient (Wildman–Crippen LogP) is 8.65. The molecule has 0 aromatic rings. The van der Waals surface area contributed by atoms with Gasteiger partial charge in [-0.1, -0.05) is 115 Å². The first-order chi connectivity index (χ1) is 21.8. The number of rotatable bonds is 32. The second kappa shape index (κ2) is 32.2. The first kappa shape index (κ1) is 43.2. The molecule has 10 heteroatoms. The molecule has 0 aromatic heterocycles. The van der Waals surface area contributed by atoms with Crippen molar-refractivity contribution >= 4 is 19.7 Å². The lowest BCUT2D eigenvalue weighted by molar-refractivity contribution is -0.147. The van der Waals surface area contributed by atoms with Gasteiger partial charge < -0.3 is 20.1 Å². The molecule has 0 aromatic carbocycles. The Kier molecular flexibility index (Phi) is 30.9. The monoisotopic (exact) mass is 657 g/mol. The number of carbonyl (C=O) groups is 2. The molecule has 0 fully saturated rings. The Balaban J connectivity index is 3.65. The standard InChI is InChI=1S/C35H64NO8P/c1-3-5-7-9-10-11-12-13-14-15-16-17-18-19-20-21-22-24-26-28-35(39)42-31-33(37)32-44-45(40,41)43-30-29-36-34(38)27-25-23-8-6-4-2/h10-11,13-14,16-17,33,37H,3-9,12,15,18-32H2,1-2H3,(H,36,38)(H,40,41)/b11-10-,14-13-,17-16-. The quantitative estimate of drug-likeness (QED) is 0.0284. The molecule has 9 nitrogen and oxygen atoms in total. The van der Waals surface area contributed by atoms with Crippen molar-refractivity contribution in [3.8, 4) is 0 Å². The van der Waals surface area contributed by atoms with Gasteiger partial charge in [0.15, 0.2) is 0 Å². The van der Waals surface area contributed by atoms with E-state index in [1.54, 1.807) is 0 Å². The summed E-state index contributed by atoms with van der Waals surface area (Å²) in [6, 6.07) is 0. The molecule has 0 rings (SSSR count). The van der Waals surface area contributed by atoms with Gasteiger partial charge in [0.05, 0.1) is 13.2 Å². The third-order valence-electron chi connectivity index (χ3n) is 7.07. The highest BCUT2D eigenvalue weighted by Gasteiger charge is 2.23. The molecule has 0 saturated heterocycles. The van der Waals surface area contributed by atoms with E-state index in [2.05, 4.69) is 55.6 Å². The summed E-state index contributed by atoms with van der Waals surface area (Å²) in [5.41, 5.74) is 0. The summed E-state index contributed by atoms with van der Waals surface area (Å²) in [6.07, 6.45) is 32.5. The summed E-state index contributed by atoms with van der Waals surface area (Å²) in [6.45, 7) is 3.39. The number of carbonyl (C=O) groups excluding carboxylic acids is 2. The lowest BCUT2D eigenvalue weighted by Crippen LogP contribution is -2.27. The Bertz CT molecular complexity index is 846. The predicted molar refractivity (Wildman–Crippen MR) is 183 cm³/mol. The Morgan fingerprint density at radius 3 is 1.84 bits per heavy atom. The molecule has 0 aliphatic rings. The van der Waals surface area contributed by atoms with E-state index in [1.165, 1.54) is 38.5 Å². The molecule has 0 radical (unpaired) electrons. The molecule has 45 heavy (non-hydrogen) atoms. The minimum Gasteiger partial charge on any atom is -0.463 e. The van der Waals surface area contributed by atoms with E-state index < -0.39 is 26.5 Å². The molecule has 3 N–H and O–H groups in total. The van der Waals surface area contributed by atoms with Gasteiger partial charge in [-0.25, -0.2) is 4.57 Å². The smallest absolute Gasteiger partial charge is 0.463 e. The fourth-order valence-corrected chi connectivity index (χ4v) is 5.14. The topological polar surface area (TPSA) is 131 Å². The first-order valence-corrected chi connectivity index (χ1v) is 19.0. The molecule has 0 bridgehead atoms. The normalized spacial score (nSPS) is 14.0. The van der Waals surface area contributed by atoms with Crippen molar-refractivity contribution in [3.63, 3.8) is 0 Å². The van der Waals surface area contributed by atoms with Crippen LogP contribution in [0, 0.1) is 0 Å². The SMILES string of the molecule is CCCCC/C=C\C/C=C\C/C=C\CCCCCCCCC(=O)OCC(O)COP(=O)(O)OCCNC(=O)CCCCCCC. The summed E-state index contributed by atoms with van der Waals surface area (Å²) >= 11 is 0. The summed E-state index contributed by atoms with van der Waals surface area (Å²) < 4.78 is 26.6. The Morgan fingerprint density at radius 1 is 0.689 bits per heavy atom. The molecule has 0 aliphatic heterocycles. The average Bonchev–Trinajstić information content (AvgIpc) is 3.02. The summed E-state index contributed by atoms with van der Waals surface area (Å²) in [4.78, 5) is 33.4. The Labute approximate surface area is 273 Å². The summed E-state index contributed by atoms with van der Waals surface area (Å²) in [7, 11) is -4.40. The van der Waals surface area contributed by atoms with Gasteiger partial charge in [0, 0.05) is 19.4 Å². The number of ether oxygens (including phenoxy) is 1. The largest absolute Gasteiger partial charge is 0.472 e.